The minimum absolute atomic E-state index is 0.0187. The second-order valence-corrected chi connectivity index (χ2v) is 6.35. The number of rotatable bonds is 7. The second kappa shape index (κ2) is 7.69. The maximum absolute atomic E-state index is 12.1. The molecule has 23 heavy (non-hydrogen) atoms. The van der Waals surface area contributed by atoms with Crippen molar-refractivity contribution in [3.8, 4) is 0 Å². The Morgan fingerprint density at radius 1 is 1.00 bits per heavy atom. The van der Waals surface area contributed by atoms with Gasteiger partial charge in [0.15, 0.2) is 5.78 Å². The fraction of sp³-hybridized carbons (Fsp3) is 0.176. The molecule has 120 valence electrons. The van der Waals surface area contributed by atoms with Crippen molar-refractivity contribution in [2.45, 2.75) is 24.7 Å². The van der Waals surface area contributed by atoms with E-state index in [1.807, 2.05) is 6.07 Å². The number of oxime groups is 1. The fourth-order valence-electron chi connectivity index (χ4n) is 1.87. The quantitative estimate of drug-likeness (QED) is 0.443. The van der Waals surface area contributed by atoms with Crippen LogP contribution in [0.25, 0.3) is 0 Å². The summed E-state index contributed by atoms with van der Waals surface area (Å²) in [5, 5.41) is 3.66. The molecule has 0 aliphatic heterocycles. The number of Topliss-reactive ketones (excluding diaryl/α,β-unsaturated/α-hetero) is 1. The predicted molar refractivity (Wildman–Crippen MR) is 87.8 cm³/mol. The van der Waals surface area contributed by atoms with Crippen molar-refractivity contribution in [2.75, 3.05) is 0 Å². The molecule has 0 unspecified atom stereocenters. The summed E-state index contributed by atoms with van der Waals surface area (Å²) in [7, 11) is -3.96. The molecule has 0 atom stereocenters. The van der Waals surface area contributed by atoms with Crippen molar-refractivity contribution >= 4 is 21.6 Å². The topological polar surface area (TPSA) is 72.8 Å². The van der Waals surface area contributed by atoms with E-state index in [4.69, 9.17) is 4.28 Å². The molecule has 0 aliphatic carbocycles. The van der Waals surface area contributed by atoms with Crippen molar-refractivity contribution in [1.29, 1.82) is 0 Å². The van der Waals surface area contributed by atoms with Crippen molar-refractivity contribution in [1.82, 2.24) is 0 Å². The van der Waals surface area contributed by atoms with Gasteiger partial charge in [-0.3, -0.25) is 9.08 Å². The maximum atomic E-state index is 12.1. The van der Waals surface area contributed by atoms with E-state index in [2.05, 4.69) is 5.16 Å². The fourth-order valence-corrected chi connectivity index (χ4v) is 2.65. The van der Waals surface area contributed by atoms with E-state index < -0.39 is 10.1 Å². The van der Waals surface area contributed by atoms with Crippen LogP contribution in [0, 0.1) is 0 Å². The predicted octanol–water partition coefficient (Wildman–Crippen LogP) is 3.43. The number of nitrogens with zero attached hydrogens (tertiary/aromatic N) is 1. The van der Waals surface area contributed by atoms with Crippen LogP contribution >= 0.6 is 0 Å². The molecule has 6 heteroatoms. The lowest BCUT2D eigenvalue weighted by molar-refractivity contribution is 0.0999. The van der Waals surface area contributed by atoms with Gasteiger partial charge in [0.05, 0.1) is 12.1 Å². The highest BCUT2D eigenvalue weighted by Gasteiger charge is 2.16. The number of carbonyl (C=O) groups is 1. The highest BCUT2D eigenvalue weighted by Crippen LogP contribution is 2.13. The minimum atomic E-state index is -3.96. The summed E-state index contributed by atoms with van der Waals surface area (Å²) in [5.74, 6) is -0.132. The van der Waals surface area contributed by atoms with Crippen molar-refractivity contribution < 1.29 is 17.5 Å². The molecule has 0 heterocycles. The van der Waals surface area contributed by atoms with Gasteiger partial charge >= 0.3 is 10.1 Å². The van der Waals surface area contributed by atoms with Gasteiger partial charge in [0.25, 0.3) is 0 Å². The van der Waals surface area contributed by atoms with E-state index >= 15 is 0 Å². The first-order valence-corrected chi connectivity index (χ1v) is 8.56. The molecule has 2 aromatic carbocycles. The van der Waals surface area contributed by atoms with Gasteiger partial charge in [-0.05, 0) is 18.6 Å². The lowest BCUT2D eigenvalue weighted by Gasteiger charge is -2.05. The molecule has 0 fully saturated rings. The molecule has 2 rings (SSSR count). The number of hydrogen-bond acceptors (Lipinski definition) is 5. The Morgan fingerprint density at radius 2 is 1.57 bits per heavy atom. The molecule has 0 saturated heterocycles. The summed E-state index contributed by atoms with van der Waals surface area (Å²) in [6, 6.07) is 16.5. The molecule has 0 spiro atoms. The van der Waals surface area contributed by atoms with Gasteiger partial charge in [0.1, 0.15) is 4.90 Å². The molecule has 5 nitrogen and oxygen atoms in total. The molecule has 0 amide bonds. The Labute approximate surface area is 135 Å². The van der Waals surface area contributed by atoms with Crippen LogP contribution in [0.4, 0.5) is 0 Å². The molecule has 0 aliphatic rings. The van der Waals surface area contributed by atoms with Gasteiger partial charge < -0.3 is 0 Å². The number of ketones is 1. The van der Waals surface area contributed by atoms with E-state index in [9.17, 15) is 13.2 Å². The van der Waals surface area contributed by atoms with Gasteiger partial charge in [0, 0.05) is 5.56 Å². The van der Waals surface area contributed by atoms with Gasteiger partial charge in [0.2, 0.25) is 0 Å². The zero-order valence-electron chi connectivity index (χ0n) is 12.7. The highest BCUT2D eigenvalue weighted by molar-refractivity contribution is 7.86. The molecule has 0 aromatic heterocycles. The van der Waals surface area contributed by atoms with Crippen LogP contribution in [0.3, 0.4) is 0 Å². The van der Waals surface area contributed by atoms with Gasteiger partial charge in [-0.1, -0.05) is 60.6 Å². The minimum Gasteiger partial charge on any atom is -0.294 e. The van der Waals surface area contributed by atoms with Crippen LogP contribution in [-0.2, 0) is 14.4 Å². The summed E-state index contributed by atoms with van der Waals surface area (Å²) in [6.07, 6.45) is 0.438. The van der Waals surface area contributed by atoms with Gasteiger partial charge in [-0.25, -0.2) is 0 Å². The third-order valence-electron chi connectivity index (χ3n) is 3.16. The third-order valence-corrected chi connectivity index (χ3v) is 4.29. The largest absolute Gasteiger partial charge is 0.358 e. The molecule has 2 aromatic rings. The number of hydrogen-bond donors (Lipinski definition) is 0. The normalized spacial score (nSPS) is 12.0. The lowest BCUT2D eigenvalue weighted by atomic mass is 10.0. The van der Waals surface area contributed by atoms with Crippen LogP contribution in [0.2, 0.25) is 0 Å². The van der Waals surface area contributed by atoms with Gasteiger partial charge in [-0.15, -0.1) is 0 Å². The molecular weight excluding hydrogens is 314 g/mol. The summed E-state index contributed by atoms with van der Waals surface area (Å²) < 4.78 is 28.7. The first-order valence-electron chi connectivity index (χ1n) is 7.15. The maximum Gasteiger partial charge on any atom is 0.358 e. The van der Waals surface area contributed by atoms with Crippen molar-refractivity contribution in [3.63, 3.8) is 0 Å². The third kappa shape index (κ3) is 4.75. The van der Waals surface area contributed by atoms with E-state index in [1.54, 1.807) is 49.4 Å². The van der Waals surface area contributed by atoms with Gasteiger partial charge in [-0.2, -0.15) is 8.42 Å². The van der Waals surface area contributed by atoms with Crippen LogP contribution in [0.15, 0.2) is 70.7 Å². The van der Waals surface area contributed by atoms with E-state index in [-0.39, 0.29) is 17.1 Å². The Morgan fingerprint density at radius 3 is 2.13 bits per heavy atom. The molecule has 0 bridgehead atoms. The standard InChI is InChI=1S/C17H17NO4S/c1-2-15(13-17(19)14-9-5-3-6-10-14)18-22-23(20,21)16-11-7-4-8-12-16/h3-12H,2,13H2,1H3/b18-15+. The SMILES string of the molecule is CC/C(CC(=O)c1ccccc1)=N\OS(=O)(=O)c1ccccc1. The zero-order chi connectivity index (χ0) is 16.7. The monoisotopic (exact) mass is 331 g/mol. The average molecular weight is 331 g/mol. The first-order chi connectivity index (χ1) is 11.0. The van der Waals surface area contributed by atoms with E-state index in [0.717, 1.165) is 0 Å². The molecule has 0 N–H and O–H groups in total. The first kappa shape index (κ1) is 16.9. The summed E-state index contributed by atoms with van der Waals surface area (Å²) >= 11 is 0. The Bertz CT molecular complexity index is 784. The number of benzene rings is 2. The Balaban J connectivity index is 2.09. The van der Waals surface area contributed by atoms with Crippen LogP contribution in [-0.4, -0.2) is 19.9 Å². The second-order valence-electron chi connectivity index (χ2n) is 4.82. The molecule has 0 saturated carbocycles. The van der Waals surface area contributed by atoms with Crippen molar-refractivity contribution in [3.05, 3.63) is 66.2 Å². The highest BCUT2D eigenvalue weighted by atomic mass is 32.2. The summed E-state index contributed by atoms with van der Waals surface area (Å²) in [4.78, 5) is 12.1. The lowest BCUT2D eigenvalue weighted by Crippen LogP contribution is -2.10. The summed E-state index contributed by atoms with van der Waals surface area (Å²) in [6.45, 7) is 1.79. The average Bonchev–Trinajstić information content (AvgIpc) is 2.60. The van der Waals surface area contributed by atoms with Crippen LogP contribution in [0.1, 0.15) is 30.1 Å². The van der Waals surface area contributed by atoms with Crippen LogP contribution in [0.5, 0.6) is 0 Å². The number of carbonyl (C=O) groups excluding carboxylic acids is 1. The summed E-state index contributed by atoms with van der Waals surface area (Å²) in [5.41, 5.74) is 0.929. The van der Waals surface area contributed by atoms with Crippen LogP contribution < -0.4 is 0 Å². The smallest absolute Gasteiger partial charge is 0.294 e. The Kier molecular flexibility index (Phi) is 5.65. The molecular formula is C17H17NO4S. The Hall–Kier alpha value is -2.47. The van der Waals surface area contributed by atoms with E-state index in [0.29, 0.717) is 17.7 Å². The van der Waals surface area contributed by atoms with Crippen molar-refractivity contribution in [2.24, 2.45) is 5.16 Å². The zero-order valence-corrected chi connectivity index (χ0v) is 13.5. The molecule has 0 radical (unpaired) electrons. The van der Waals surface area contributed by atoms with E-state index in [1.165, 1.54) is 12.1 Å².